The molecule has 0 heterocycles. The van der Waals surface area contributed by atoms with Gasteiger partial charge in [0.1, 0.15) is 5.78 Å². The summed E-state index contributed by atoms with van der Waals surface area (Å²) in [5, 5.41) is 9.07. The summed E-state index contributed by atoms with van der Waals surface area (Å²) in [5.41, 5.74) is -0.842. The molecule has 0 spiro atoms. The fourth-order valence-electron chi connectivity index (χ4n) is 1.26. The van der Waals surface area contributed by atoms with Crippen molar-refractivity contribution in [2.24, 2.45) is 16.7 Å². The van der Waals surface area contributed by atoms with Crippen LogP contribution >= 0.6 is 0 Å². The zero-order chi connectivity index (χ0) is 12.4. The zero-order valence-electron chi connectivity index (χ0n) is 10.5. The van der Waals surface area contributed by atoms with Gasteiger partial charge in [0.05, 0.1) is 5.92 Å². The van der Waals surface area contributed by atoms with Crippen molar-refractivity contribution < 1.29 is 14.7 Å². The van der Waals surface area contributed by atoms with E-state index in [4.69, 9.17) is 5.11 Å². The van der Waals surface area contributed by atoms with Crippen LogP contribution in [0.1, 0.15) is 48.0 Å². The number of rotatable bonds is 3. The Morgan fingerprint density at radius 2 is 1.47 bits per heavy atom. The van der Waals surface area contributed by atoms with Gasteiger partial charge in [0, 0.05) is 11.8 Å². The van der Waals surface area contributed by atoms with Crippen LogP contribution < -0.4 is 0 Å². The van der Waals surface area contributed by atoms with Gasteiger partial charge in [-0.25, -0.2) is 0 Å². The number of Topliss-reactive ketones (excluding diaryl/α,β-unsaturated/α-hetero) is 1. The topological polar surface area (TPSA) is 54.4 Å². The van der Waals surface area contributed by atoms with Crippen molar-refractivity contribution >= 4 is 11.8 Å². The maximum absolute atomic E-state index is 11.8. The van der Waals surface area contributed by atoms with Gasteiger partial charge >= 0.3 is 5.97 Å². The van der Waals surface area contributed by atoms with Crippen molar-refractivity contribution in [2.75, 3.05) is 0 Å². The lowest BCUT2D eigenvalue weighted by Crippen LogP contribution is -2.34. The van der Waals surface area contributed by atoms with Gasteiger partial charge in [-0.2, -0.15) is 0 Å². The highest BCUT2D eigenvalue weighted by Gasteiger charge is 2.35. The first-order valence-electron chi connectivity index (χ1n) is 5.22. The molecule has 0 aromatic heterocycles. The number of carbonyl (C=O) groups is 2. The number of carboxylic acid groups (broad SMARTS) is 1. The van der Waals surface area contributed by atoms with Crippen LogP contribution in [0.3, 0.4) is 0 Å². The molecule has 0 unspecified atom stereocenters. The van der Waals surface area contributed by atoms with E-state index >= 15 is 0 Å². The second-order valence-electron chi connectivity index (χ2n) is 6.13. The Kier molecular flexibility index (Phi) is 4.08. The van der Waals surface area contributed by atoms with Gasteiger partial charge in [0.15, 0.2) is 0 Å². The minimum atomic E-state index is -0.889. The highest BCUT2D eigenvalue weighted by atomic mass is 16.4. The fourth-order valence-corrected chi connectivity index (χ4v) is 1.26. The monoisotopic (exact) mass is 214 g/mol. The quantitative estimate of drug-likeness (QED) is 0.786. The molecular weight excluding hydrogens is 192 g/mol. The molecule has 15 heavy (non-hydrogen) atoms. The van der Waals surface area contributed by atoms with E-state index in [1.54, 1.807) is 0 Å². The standard InChI is InChI=1S/C12H22O3/c1-11(2,3)8(10(14)15)7-9(13)12(4,5)6/h8H,7H2,1-6H3,(H,14,15)/t8-/m1/s1. The van der Waals surface area contributed by atoms with Gasteiger partial charge in [0.2, 0.25) is 0 Å². The van der Waals surface area contributed by atoms with E-state index in [2.05, 4.69) is 0 Å². The van der Waals surface area contributed by atoms with Crippen LogP contribution in [-0.4, -0.2) is 16.9 Å². The molecule has 3 nitrogen and oxygen atoms in total. The number of ketones is 1. The molecule has 88 valence electrons. The molecule has 0 aromatic rings. The molecule has 0 aliphatic rings. The second kappa shape index (κ2) is 4.33. The zero-order valence-corrected chi connectivity index (χ0v) is 10.5. The Hall–Kier alpha value is -0.860. The van der Waals surface area contributed by atoms with E-state index < -0.39 is 17.3 Å². The van der Waals surface area contributed by atoms with Gasteiger partial charge in [0.25, 0.3) is 0 Å². The number of hydrogen-bond donors (Lipinski definition) is 1. The molecule has 1 atom stereocenters. The van der Waals surface area contributed by atoms with Gasteiger partial charge in [-0.3, -0.25) is 9.59 Å². The summed E-state index contributed by atoms with van der Waals surface area (Å²) in [4.78, 5) is 22.8. The van der Waals surface area contributed by atoms with Crippen molar-refractivity contribution in [3.63, 3.8) is 0 Å². The Bertz CT molecular complexity index is 253. The minimum absolute atomic E-state index is 0.00447. The molecule has 0 aromatic carbocycles. The van der Waals surface area contributed by atoms with E-state index in [1.807, 2.05) is 41.5 Å². The lowest BCUT2D eigenvalue weighted by atomic mass is 9.74. The average Bonchev–Trinajstić information content (AvgIpc) is 1.94. The molecule has 3 heteroatoms. The van der Waals surface area contributed by atoms with Crippen LogP contribution in [-0.2, 0) is 9.59 Å². The van der Waals surface area contributed by atoms with Crippen LogP contribution in [0.4, 0.5) is 0 Å². The highest BCUT2D eigenvalue weighted by Crippen LogP contribution is 2.32. The summed E-state index contributed by atoms with van der Waals surface area (Å²) < 4.78 is 0. The Labute approximate surface area is 91.9 Å². The lowest BCUT2D eigenvalue weighted by Gasteiger charge is -2.28. The van der Waals surface area contributed by atoms with Crippen molar-refractivity contribution in [3.05, 3.63) is 0 Å². The van der Waals surface area contributed by atoms with Crippen molar-refractivity contribution in [3.8, 4) is 0 Å². The summed E-state index contributed by atoms with van der Waals surface area (Å²) in [5.74, 6) is -1.49. The first kappa shape index (κ1) is 14.1. The largest absolute Gasteiger partial charge is 0.481 e. The van der Waals surface area contributed by atoms with E-state index in [0.717, 1.165) is 0 Å². The molecule has 0 radical (unpaired) electrons. The smallest absolute Gasteiger partial charge is 0.307 e. The summed E-state index contributed by atoms with van der Waals surface area (Å²) in [6.45, 7) is 11.0. The summed E-state index contributed by atoms with van der Waals surface area (Å²) in [6, 6.07) is 0. The van der Waals surface area contributed by atoms with E-state index in [-0.39, 0.29) is 17.6 Å². The summed E-state index contributed by atoms with van der Waals surface area (Å²) in [6.07, 6.45) is 0.113. The van der Waals surface area contributed by atoms with E-state index in [9.17, 15) is 9.59 Å². The number of carboxylic acids is 1. The molecule has 0 amide bonds. The Balaban J connectivity index is 4.74. The van der Waals surface area contributed by atoms with Crippen LogP contribution in [0.25, 0.3) is 0 Å². The third kappa shape index (κ3) is 4.45. The van der Waals surface area contributed by atoms with Crippen LogP contribution in [0, 0.1) is 16.7 Å². The summed E-state index contributed by atoms with van der Waals surface area (Å²) in [7, 11) is 0. The Morgan fingerprint density at radius 1 is 1.07 bits per heavy atom. The first-order chi connectivity index (χ1) is 6.46. The third-order valence-electron chi connectivity index (χ3n) is 2.57. The van der Waals surface area contributed by atoms with Crippen LogP contribution in [0.5, 0.6) is 0 Å². The van der Waals surface area contributed by atoms with Crippen molar-refractivity contribution in [1.82, 2.24) is 0 Å². The van der Waals surface area contributed by atoms with Crippen molar-refractivity contribution in [1.29, 1.82) is 0 Å². The molecule has 1 N–H and O–H groups in total. The number of aliphatic carboxylic acids is 1. The highest BCUT2D eigenvalue weighted by molar-refractivity contribution is 5.87. The Morgan fingerprint density at radius 3 is 1.67 bits per heavy atom. The lowest BCUT2D eigenvalue weighted by molar-refractivity contribution is -0.148. The molecule has 0 aliphatic heterocycles. The van der Waals surface area contributed by atoms with E-state index in [0.29, 0.717) is 0 Å². The predicted octanol–water partition coefficient (Wildman–Crippen LogP) is 2.74. The maximum Gasteiger partial charge on any atom is 0.307 e. The maximum atomic E-state index is 11.8. The SMILES string of the molecule is CC(C)(C)C(=O)C[C@H](C(=O)O)C(C)(C)C. The predicted molar refractivity (Wildman–Crippen MR) is 59.7 cm³/mol. The molecule has 0 saturated heterocycles. The van der Waals surface area contributed by atoms with E-state index in [1.165, 1.54) is 0 Å². The van der Waals surface area contributed by atoms with Crippen LogP contribution in [0.15, 0.2) is 0 Å². The summed E-state index contributed by atoms with van der Waals surface area (Å²) >= 11 is 0. The van der Waals surface area contributed by atoms with Crippen LogP contribution in [0.2, 0.25) is 0 Å². The van der Waals surface area contributed by atoms with Crippen molar-refractivity contribution in [2.45, 2.75) is 48.0 Å². The van der Waals surface area contributed by atoms with Gasteiger partial charge in [-0.15, -0.1) is 0 Å². The molecular formula is C12H22O3. The minimum Gasteiger partial charge on any atom is -0.481 e. The van der Waals surface area contributed by atoms with Gasteiger partial charge in [-0.1, -0.05) is 41.5 Å². The molecule has 0 saturated carbocycles. The number of hydrogen-bond acceptors (Lipinski definition) is 2. The first-order valence-corrected chi connectivity index (χ1v) is 5.22. The third-order valence-corrected chi connectivity index (χ3v) is 2.57. The normalized spacial score (nSPS) is 14.8. The second-order valence-corrected chi connectivity index (χ2v) is 6.13. The average molecular weight is 214 g/mol. The number of carbonyl (C=O) groups excluding carboxylic acids is 1. The fraction of sp³-hybridized carbons (Fsp3) is 0.833. The van der Waals surface area contributed by atoms with Gasteiger partial charge in [-0.05, 0) is 5.41 Å². The molecule has 0 bridgehead atoms. The molecule has 0 rings (SSSR count). The molecule has 0 fully saturated rings. The van der Waals surface area contributed by atoms with Gasteiger partial charge < -0.3 is 5.11 Å². The molecule has 0 aliphatic carbocycles.